The molecule has 0 N–H and O–H groups in total. The predicted octanol–water partition coefficient (Wildman–Crippen LogP) is 2.59. The number of fused-ring (bicyclic) bond motifs is 1. The van der Waals surface area contributed by atoms with Crippen LogP contribution in [0.25, 0.3) is 10.3 Å². The molecule has 0 saturated heterocycles. The van der Waals surface area contributed by atoms with Crippen LogP contribution < -0.4 is 15.0 Å². The van der Waals surface area contributed by atoms with E-state index in [1.54, 1.807) is 24.3 Å². The minimum Gasteiger partial charge on any atom is -0.610 e. The summed E-state index contributed by atoms with van der Waals surface area (Å²) in [6, 6.07) is 6.16. The molecule has 3 rings (SSSR count). The third-order valence-corrected chi connectivity index (χ3v) is 5.86. The quantitative estimate of drug-likeness (QED) is 0.555. The highest BCUT2D eigenvalue weighted by atomic mass is 32.2. The highest BCUT2D eigenvalue weighted by Gasteiger charge is 2.30. The molecule has 0 aliphatic heterocycles. The fraction of sp³-hybridized carbons (Fsp3) is 0.312. The molecule has 3 aromatic rings. The van der Waals surface area contributed by atoms with Gasteiger partial charge in [-0.3, -0.25) is 9.36 Å². The number of thiazole rings is 1. The van der Waals surface area contributed by atoms with E-state index in [9.17, 15) is 22.5 Å². The second kappa shape index (κ2) is 7.97. The number of ether oxygens (including phenoxy) is 2. The Bertz CT molecular complexity index is 1030. The van der Waals surface area contributed by atoms with E-state index in [2.05, 4.69) is 9.97 Å². The van der Waals surface area contributed by atoms with Crippen molar-refractivity contribution in [3.63, 3.8) is 0 Å². The molecule has 0 spiro atoms. The predicted molar refractivity (Wildman–Crippen MR) is 97.7 cm³/mol. The number of aromatic nitrogens is 3. The Balaban J connectivity index is 2.07. The lowest BCUT2D eigenvalue weighted by Gasteiger charge is -2.14. The van der Waals surface area contributed by atoms with Crippen LogP contribution in [0.15, 0.2) is 33.4 Å². The van der Waals surface area contributed by atoms with Crippen LogP contribution in [0.3, 0.4) is 0 Å². The van der Waals surface area contributed by atoms with Crippen LogP contribution in [-0.2, 0) is 17.7 Å². The number of nitrogens with zero attached hydrogens (tertiary/aromatic N) is 3. The normalized spacial score (nSPS) is 12.9. The Morgan fingerprint density at radius 3 is 2.50 bits per heavy atom. The summed E-state index contributed by atoms with van der Waals surface area (Å²) in [6.07, 6.45) is -3.21. The number of halogens is 3. The minimum atomic E-state index is -4.60. The molecule has 7 nitrogen and oxygen atoms in total. The summed E-state index contributed by atoms with van der Waals surface area (Å²) in [4.78, 5) is 20.9. The molecule has 0 aliphatic rings. The molecule has 1 atom stereocenters. The van der Waals surface area contributed by atoms with Crippen molar-refractivity contribution < 1.29 is 27.2 Å². The molecular weight excluding hydrogens is 419 g/mol. The van der Waals surface area contributed by atoms with Crippen molar-refractivity contribution in [3.8, 4) is 11.8 Å². The first-order valence-corrected chi connectivity index (χ1v) is 10.1. The van der Waals surface area contributed by atoms with E-state index in [0.29, 0.717) is 11.3 Å². The van der Waals surface area contributed by atoms with Gasteiger partial charge in [-0.05, 0) is 29.0 Å². The van der Waals surface area contributed by atoms with Crippen LogP contribution >= 0.6 is 11.3 Å². The van der Waals surface area contributed by atoms with Gasteiger partial charge < -0.3 is 14.0 Å². The number of hydrogen-bond donors (Lipinski definition) is 0. The number of benzene rings is 1. The van der Waals surface area contributed by atoms with Gasteiger partial charge in [0.1, 0.15) is 12.0 Å². The summed E-state index contributed by atoms with van der Waals surface area (Å²) in [5.41, 5.74) is -0.121. The largest absolute Gasteiger partial charge is 0.610 e. The standard InChI is InChI=1S/C16H14F3N3O4S2/c1-25-10-5-3-9(4-6-10)7-22-13(23)11-12(27-15(20-11)28(2)24)21-14(22)26-8-16(17,18)19/h3-6H,7-8H2,1-2H3. The first kappa shape index (κ1) is 20.4. The molecule has 28 heavy (non-hydrogen) atoms. The maximum atomic E-state index is 12.8. The van der Waals surface area contributed by atoms with Crippen LogP contribution in [0.5, 0.6) is 11.8 Å². The second-order valence-corrected chi connectivity index (χ2v) is 8.16. The summed E-state index contributed by atoms with van der Waals surface area (Å²) >= 11 is -0.585. The van der Waals surface area contributed by atoms with Crippen molar-refractivity contribution >= 4 is 32.9 Å². The van der Waals surface area contributed by atoms with Gasteiger partial charge in [-0.25, -0.2) is 0 Å². The average molecular weight is 433 g/mol. The zero-order valence-electron chi connectivity index (χ0n) is 14.6. The van der Waals surface area contributed by atoms with Crippen molar-refractivity contribution in [2.75, 3.05) is 20.0 Å². The van der Waals surface area contributed by atoms with Crippen molar-refractivity contribution in [3.05, 3.63) is 40.2 Å². The zero-order chi connectivity index (χ0) is 20.5. The Labute approximate surface area is 163 Å². The molecule has 0 radical (unpaired) electrons. The molecule has 0 amide bonds. The van der Waals surface area contributed by atoms with E-state index >= 15 is 0 Å². The summed E-state index contributed by atoms with van der Waals surface area (Å²) in [5.74, 6) is 0.591. The summed E-state index contributed by atoms with van der Waals surface area (Å²) in [5, 5.41) is 0. The van der Waals surface area contributed by atoms with Crippen molar-refractivity contribution in [2.24, 2.45) is 0 Å². The van der Waals surface area contributed by atoms with E-state index < -0.39 is 35.5 Å². The number of methoxy groups -OCH3 is 1. The van der Waals surface area contributed by atoms with Crippen LogP contribution in [0.1, 0.15) is 5.56 Å². The first-order valence-electron chi connectivity index (χ1n) is 7.75. The van der Waals surface area contributed by atoms with Crippen LogP contribution in [-0.4, -0.2) is 45.2 Å². The monoisotopic (exact) mass is 433 g/mol. The summed E-state index contributed by atoms with van der Waals surface area (Å²) in [6.45, 7) is -1.68. The topological polar surface area (TPSA) is 89.3 Å². The van der Waals surface area contributed by atoms with E-state index in [0.717, 1.165) is 15.9 Å². The maximum absolute atomic E-state index is 12.8. The van der Waals surface area contributed by atoms with Gasteiger partial charge in [-0.15, -0.1) is 0 Å². The van der Waals surface area contributed by atoms with Crippen LogP contribution in [0.2, 0.25) is 0 Å². The molecule has 1 aromatic carbocycles. The van der Waals surface area contributed by atoms with Gasteiger partial charge in [0.25, 0.3) is 5.56 Å². The second-order valence-electron chi connectivity index (χ2n) is 5.63. The lowest BCUT2D eigenvalue weighted by atomic mass is 10.2. The third kappa shape index (κ3) is 4.56. The molecule has 1 unspecified atom stereocenters. The maximum Gasteiger partial charge on any atom is 0.422 e. The van der Waals surface area contributed by atoms with Crippen molar-refractivity contribution in [1.29, 1.82) is 0 Å². The van der Waals surface area contributed by atoms with E-state index in [4.69, 9.17) is 9.47 Å². The van der Waals surface area contributed by atoms with Crippen molar-refractivity contribution in [2.45, 2.75) is 17.1 Å². The van der Waals surface area contributed by atoms with Gasteiger partial charge in [0.2, 0.25) is 0 Å². The number of rotatable bonds is 6. The average Bonchev–Trinajstić information content (AvgIpc) is 3.07. The molecule has 0 fully saturated rings. The molecule has 0 bridgehead atoms. The zero-order valence-corrected chi connectivity index (χ0v) is 16.3. The fourth-order valence-electron chi connectivity index (χ4n) is 2.30. The Hall–Kier alpha value is -2.31. The minimum absolute atomic E-state index is 0.0666. The van der Waals surface area contributed by atoms with E-state index in [1.807, 2.05) is 0 Å². The molecule has 2 heterocycles. The first-order chi connectivity index (χ1) is 13.2. The van der Waals surface area contributed by atoms with Gasteiger partial charge in [-0.1, -0.05) is 12.1 Å². The van der Waals surface area contributed by atoms with E-state index in [1.165, 1.54) is 13.4 Å². The third-order valence-electron chi connectivity index (χ3n) is 3.58. The van der Waals surface area contributed by atoms with Gasteiger partial charge >= 0.3 is 16.5 Å². The summed E-state index contributed by atoms with van der Waals surface area (Å²) in [7, 11) is 1.50. The highest BCUT2D eigenvalue weighted by molar-refractivity contribution is 7.92. The number of hydrogen-bond acceptors (Lipinski definition) is 7. The molecule has 150 valence electrons. The van der Waals surface area contributed by atoms with E-state index in [-0.39, 0.29) is 21.2 Å². The van der Waals surface area contributed by atoms with Gasteiger partial charge in [0.05, 0.1) is 13.7 Å². The van der Waals surface area contributed by atoms with Gasteiger partial charge in [0, 0.05) is 11.2 Å². The molecule has 12 heteroatoms. The SMILES string of the molecule is COc1ccc(Cn2c(OCC(F)(F)F)nc3sc([S+](C)[O-])nc3c2=O)cc1. The molecule has 0 aliphatic carbocycles. The molecular formula is C16H14F3N3O4S2. The smallest absolute Gasteiger partial charge is 0.422 e. The Morgan fingerprint density at radius 1 is 1.25 bits per heavy atom. The van der Waals surface area contributed by atoms with Crippen molar-refractivity contribution in [1.82, 2.24) is 14.5 Å². The Kier molecular flexibility index (Phi) is 5.82. The highest BCUT2D eigenvalue weighted by Crippen LogP contribution is 2.25. The lowest BCUT2D eigenvalue weighted by Crippen LogP contribution is -2.27. The molecule has 2 aromatic heterocycles. The number of alkyl halides is 3. The van der Waals surface area contributed by atoms with Gasteiger partial charge in [-0.2, -0.15) is 23.1 Å². The van der Waals surface area contributed by atoms with Gasteiger partial charge in [0.15, 0.2) is 17.0 Å². The van der Waals surface area contributed by atoms with Crippen LogP contribution in [0, 0.1) is 0 Å². The Morgan fingerprint density at radius 2 is 1.93 bits per heavy atom. The fourth-order valence-corrected chi connectivity index (χ4v) is 3.88. The summed E-state index contributed by atoms with van der Waals surface area (Å²) < 4.78 is 60.4. The molecule has 0 saturated carbocycles. The van der Waals surface area contributed by atoms with Crippen LogP contribution in [0.4, 0.5) is 13.2 Å². The lowest BCUT2D eigenvalue weighted by molar-refractivity contribution is -0.155.